The Hall–Kier alpha value is -2.08. The largest absolute Gasteiger partial charge is 0.493 e. The number of ether oxygens (including phenoxy) is 2. The lowest BCUT2D eigenvalue weighted by Gasteiger charge is -2.18. The summed E-state index contributed by atoms with van der Waals surface area (Å²) in [5.41, 5.74) is 0.512. The Kier molecular flexibility index (Phi) is 5.98. The minimum Gasteiger partial charge on any atom is -0.493 e. The minimum atomic E-state index is -1.19. The molecule has 6 heteroatoms. The van der Waals surface area contributed by atoms with Gasteiger partial charge in [0.1, 0.15) is 12.2 Å². The van der Waals surface area contributed by atoms with Crippen molar-refractivity contribution in [3.8, 4) is 11.5 Å². The Morgan fingerprint density at radius 1 is 1.26 bits per heavy atom. The Bertz CT molecular complexity index is 562. The zero-order chi connectivity index (χ0) is 16.8. The molecule has 0 aromatic heterocycles. The van der Waals surface area contributed by atoms with E-state index in [4.69, 9.17) is 14.6 Å². The molecule has 1 aromatic carbocycles. The molecule has 0 heterocycles. The highest BCUT2D eigenvalue weighted by Crippen LogP contribution is 2.34. The van der Waals surface area contributed by atoms with Crippen molar-refractivity contribution >= 4 is 11.8 Å². The molecule has 2 rings (SSSR count). The fourth-order valence-electron chi connectivity index (χ4n) is 2.75. The smallest absolute Gasteiger partial charge is 0.310 e. The van der Waals surface area contributed by atoms with Gasteiger partial charge >= 0.3 is 5.97 Å². The van der Waals surface area contributed by atoms with E-state index in [1.807, 2.05) is 0 Å². The number of carboxylic acid groups (broad SMARTS) is 1. The van der Waals surface area contributed by atoms with E-state index in [0.29, 0.717) is 17.1 Å². The summed E-state index contributed by atoms with van der Waals surface area (Å²) in [7, 11) is 1.54. The number of Topliss-reactive ketones (excluding diaryl/α,β-unsaturated/α-hetero) is 1. The summed E-state index contributed by atoms with van der Waals surface area (Å²) in [6.07, 6.45) is 2.53. The van der Waals surface area contributed by atoms with Crippen LogP contribution in [0.5, 0.6) is 11.5 Å². The van der Waals surface area contributed by atoms with Gasteiger partial charge in [-0.25, -0.2) is 0 Å². The average molecular weight is 322 g/mol. The van der Waals surface area contributed by atoms with E-state index in [1.54, 1.807) is 25.3 Å². The molecule has 126 valence electrons. The van der Waals surface area contributed by atoms with E-state index in [2.05, 4.69) is 0 Å². The third-order valence-corrected chi connectivity index (χ3v) is 3.94. The summed E-state index contributed by atoms with van der Waals surface area (Å²) >= 11 is 0. The molecule has 1 saturated carbocycles. The minimum absolute atomic E-state index is 0.143. The highest BCUT2D eigenvalue weighted by molar-refractivity contribution is 5.94. The lowest BCUT2D eigenvalue weighted by Crippen LogP contribution is -2.13. The molecule has 1 unspecified atom stereocenters. The standard InChI is InChI=1S/C17H22O6/c1-22-15-7-6-11(14(19)9-12(18)10-17(20)21)8-16(15)23-13-4-2-3-5-13/h6-8,13-14,19H,2-5,9-10H2,1H3,(H,20,21). The second-order valence-electron chi connectivity index (χ2n) is 5.76. The molecule has 0 aliphatic heterocycles. The SMILES string of the molecule is COc1ccc(C(O)CC(=O)CC(=O)O)cc1OC1CCCC1. The molecule has 0 radical (unpaired) electrons. The van der Waals surface area contributed by atoms with Gasteiger partial charge in [-0.3, -0.25) is 9.59 Å². The number of carbonyl (C=O) groups excluding carboxylic acids is 1. The highest BCUT2D eigenvalue weighted by atomic mass is 16.5. The molecule has 1 fully saturated rings. The number of carboxylic acids is 1. The fourth-order valence-corrected chi connectivity index (χ4v) is 2.75. The zero-order valence-electron chi connectivity index (χ0n) is 13.2. The van der Waals surface area contributed by atoms with E-state index >= 15 is 0 Å². The van der Waals surface area contributed by atoms with Gasteiger partial charge in [-0.1, -0.05) is 6.07 Å². The van der Waals surface area contributed by atoms with Crippen LogP contribution in [0.2, 0.25) is 0 Å². The summed E-state index contributed by atoms with van der Waals surface area (Å²) < 4.78 is 11.2. The molecular formula is C17H22O6. The first-order valence-corrected chi connectivity index (χ1v) is 7.75. The van der Waals surface area contributed by atoms with Gasteiger partial charge in [0, 0.05) is 6.42 Å². The summed E-state index contributed by atoms with van der Waals surface area (Å²) in [6, 6.07) is 5.00. The molecule has 1 atom stereocenters. The number of aliphatic hydroxyl groups excluding tert-OH is 1. The van der Waals surface area contributed by atoms with Gasteiger partial charge in [-0.05, 0) is 43.4 Å². The normalized spacial score (nSPS) is 16.1. The van der Waals surface area contributed by atoms with Crippen LogP contribution in [-0.2, 0) is 9.59 Å². The van der Waals surface area contributed by atoms with E-state index in [-0.39, 0.29) is 12.5 Å². The Morgan fingerprint density at radius 3 is 2.57 bits per heavy atom. The van der Waals surface area contributed by atoms with Crippen LogP contribution in [0.25, 0.3) is 0 Å². The zero-order valence-corrected chi connectivity index (χ0v) is 13.2. The van der Waals surface area contributed by atoms with Crippen molar-refractivity contribution in [3.63, 3.8) is 0 Å². The van der Waals surface area contributed by atoms with Gasteiger partial charge in [0.05, 0.1) is 19.3 Å². The number of hydrogen-bond acceptors (Lipinski definition) is 5. The Morgan fingerprint density at radius 2 is 1.96 bits per heavy atom. The Labute approximate surface area is 135 Å². The monoisotopic (exact) mass is 322 g/mol. The lowest BCUT2D eigenvalue weighted by atomic mass is 10.0. The van der Waals surface area contributed by atoms with Gasteiger partial charge in [0.2, 0.25) is 0 Å². The van der Waals surface area contributed by atoms with Crippen LogP contribution < -0.4 is 9.47 Å². The predicted octanol–water partition coefficient (Wildman–Crippen LogP) is 2.48. The van der Waals surface area contributed by atoms with E-state index in [0.717, 1.165) is 25.7 Å². The first kappa shape index (κ1) is 17.3. The van der Waals surface area contributed by atoms with Crippen LogP contribution in [-0.4, -0.2) is 35.2 Å². The molecular weight excluding hydrogens is 300 g/mol. The van der Waals surface area contributed by atoms with Crippen LogP contribution in [0.4, 0.5) is 0 Å². The van der Waals surface area contributed by atoms with Crippen molar-refractivity contribution in [2.45, 2.75) is 50.7 Å². The van der Waals surface area contributed by atoms with Crippen molar-refractivity contribution in [3.05, 3.63) is 23.8 Å². The average Bonchev–Trinajstić information content (AvgIpc) is 2.99. The number of rotatable bonds is 8. The van der Waals surface area contributed by atoms with Crippen molar-refractivity contribution in [2.75, 3.05) is 7.11 Å². The second kappa shape index (κ2) is 7.97. The van der Waals surface area contributed by atoms with Gasteiger partial charge in [0.15, 0.2) is 11.5 Å². The van der Waals surface area contributed by atoms with E-state index in [1.165, 1.54) is 0 Å². The van der Waals surface area contributed by atoms with E-state index in [9.17, 15) is 14.7 Å². The van der Waals surface area contributed by atoms with Crippen molar-refractivity contribution < 1.29 is 29.3 Å². The van der Waals surface area contributed by atoms with Crippen LogP contribution in [0.15, 0.2) is 18.2 Å². The topological polar surface area (TPSA) is 93.1 Å². The molecule has 0 spiro atoms. The van der Waals surface area contributed by atoms with Gasteiger partial charge in [-0.2, -0.15) is 0 Å². The van der Waals surface area contributed by atoms with E-state index < -0.39 is 24.3 Å². The first-order valence-electron chi connectivity index (χ1n) is 7.75. The number of carbonyl (C=O) groups is 2. The molecule has 0 amide bonds. The van der Waals surface area contributed by atoms with Crippen molar-refractivity contribution in [1.29, 1.82) is 0 Å². The number of aliphatic hydroxyl groups is 1. The molecule has 0 saturated heterocycles. The molecule has 1 aliphatic rings. The van der Waals surface area contributed by atoms with Gasteiger partial charge in [-0.15, -0.1) is 0 Å². The number of hydrogen-bond donors (Lipinski definition) is 2. The lowest BCUT2D eigenvalue weighted by molar-refractivity contribution is -0.140. The molecule has 23 heavy (non-hydrogen) atoms. The maximum Gasteiger partial charge on any atom is 0.310 e. The number of methoxy groups -OCH3 is 1. The summed E-state index contributed by atoms with van der Waals surface area (Å²) in [5.74, 6) is -0.590. The summed E-state index contributed by atoms with van der Waals surface area (Å²) in [6.45, 7) is 0. The maximum absolute atomic E-state index is 11.5. The van der Waals surface area contributed by atoms with Crippen LogP contribution >= 0.6 is 0 Å². The summed E-state index contributed by atoms with van der Waals surface area (Å²) in [5, 5.41) is 18.7. The highest BCUT2D eigenvalue weighted by Gasteiger charge is 2.21. The predicted molar refractivity (Wildman–Crippen MR) is 82.7 cm³/mol. The molecule has 1 aromatic rings. The van der Waals surface area contributed by atoms with Gasteiger partial charge < -0.3 is 19.7 Å². The van der Waals surface area contributed by atoms with Crippen molar-refractivity contribution in [1.82, 2.24) is 0 Å². The maximum atomic E-state index is 11.5. The molecule has 6 nitrogen and oxygen atoms in total. The number of aliphatic carboxylic acids is 1. The second-order valence-corrected chi connectivity index (χ2v) is 5.76. The van der Waals surface area contributed by atoms with Crippen LogP contribution in [0.1, 0.15) is 50.2 Å². The third kappa shape index (κ3) is 4.96. The van der Waals surface area contributed by atoms with Gasteiger partial charge in [0.25, 0.3) is 0 Å². The fraction of sp³-hybridized carbons (Fsp3) is 0.529. The van der Waals surface area contributed by atoms with Crippen LogP contribution in [0, 0.1) is 0 Å². The molecule has 0 bridgehead atoms. The van der Waals surface area contributed by atoms with Crippen LogP contribution in [0.3, 0.4) is 0 Å². The Balaban J connectivity index is 2.09. The number of ketones is 1. The molecule has 1 aliphatic carbocycles. The van der Waals surface area contributed by atoms with Crippen molar-refractivity contribution in [2.24, 2.45) is 0 Å². The third-order valence-electron chi connectivity index (χ3n) is 3.94. The quantitative estimate of drug-likeness (QED) is 0.714. The first-order chi connectivity index (χ1) is 11.0. The summed E-state index contributed by atoms with van der Waals surface area (Å²) in [4.78, 5) is 22.0. The molecule has 2 N–H and O–H groups in total. The number of benzene rings is 1.